The Morgan fingerprint density at radius 3 is 2.22 bits per heavy atom. The van der Waals surface area contributed by atoms with E-state index in [-0.39, 0.29) is 44.5 Å². The highest BCUT2D eigenvalue weighted by Crippen LogP contribution is 2.55. The van der Waals surface area contributed by atoms with Crippen molar-refractivity contribution >= 4 is 40.3 Å². The maximum atomic E-state index is 14.6. The van der Waals surface area contributed by atoms with E-state index in [2.05, 4.69) is 10.2 Å². The van der Waals surface area contributed by atoms with E-state index < -0.39 is 88.8 Å². The van der Waals surface area contributed by atoms with Crippen molar-refractivity contribution in [2.45, 2.75) is 124 Å². The van der Waals surface area contributed by atoms with Gasteiger partial charge in [0.1, 0.15) is 23.4 Å². The Morgan fingerprint density at radius 2 is 1.58 bits per heavy atom. The van der Waals surface area contributed by atoms with Crippen LogP contribution < -0.4 is 10.1 Å². The van der Waals surface area contributed by atoms with Gasteiger partial charge in [0.25, 0.3) is 11.7 Å². The summed E-state index contributed by atoms with van der Waals surface area (Å²) < 4.78 is 23.7. The van der Waals surface area contributed by atoms with E-state index >= 15 is 0 Å². The molecule has 9 atom stereocenters. The van der Waals surface area contributed by atoms with E-state index in [1.165, 1.54) is 71.8 Å². The predicted octanol–water partition coefficient (Wildman–Crippen LogP) is 6.04. The van der Waals surface area contributed by atoms with Gasteiger partial charge in [0.2, 0.25) is 0 Å². The van der Waals surface area contributed by atoms with Crippen LogP contribution in [0.3, 0.4) is 0 Å². The number of ether oxygens (including phenoxy) is 4. The number of nitrogens with one attached hydrogen (secondary N) is 1. The van der Waals surface area contributed by atoms with E-state index in [1.807, 2.05) is 5.01 Å². The summed E-state index contributed by atoms with van der Waals surface area (Å²) >= 11 is 0. The maximum Gasteiger partial charge on any atom is 0.312 e. The lowest BCUT2D eigenvalue weighted by Gasteiger charge is -2.39. The summed E-state index contributed by atoms with van der Waals surface area (Å²) in [4.78, 5) is 43.4. The highest BCUT2D eigenvalue weighted by molar-refractivity contribution is 6.23. The van der Waals surface area contributed by atoms with Gasteiger partial charge in [-0.2, -0.15) is 5.10 Å². The number of hydrogen-bond acceptors (Lipinski definition) is 15. The summed E-state index contributed by atoms with van der Waals surface area (Å²) in [5, 5.41) is 67.7. The van der Waals surface area contributed by atoms with Gasteiger partial charge in [-0.1, -0.05) is 52.3 Å². The zero-order chi connectivity index (χ0) is 46.8. The number of nitrogens with zero attached hydrogens (tertiary/aromatic N) is 3. The second kappa shape index (κ2) is 19.9. The molecule has 16 heteroatoms. The van der Waals surface area contributed by atoms with Crippen LogP contribution in [0.5, 0.6) is 23.0 Å². The molecular formula is C48H66N4O12. The number of hydrazone groups is 1. The summed E-state index contributed by atoms with van der Waals surface area (Å²) in [6.45, 7) is 16.0. The molecule has 0 radical (unpaired) electrons. The highest BCUT2D eigenvalue weighted by Gasteiger charge is 2.50. The molecule has 6 N–H and O–H groups in total. The monoisotopic (exact) mass is 890 g/mol. The van der Waals surface area contributed by atoms with Crippen molar-refractivity contribution in [2.24, 2.45) is 28.8 Å². The standard InChI is InChI=1S/C48H66N4O12/c1-25-14-13-15-26(2)47(60)50-38-33(24-49-52-21-16-32(17-22-52)51-19-11-10-12-20-51)42(57)35-36(43(38)58)41(56)30(6)45-37(35)46(59)48(8,64-45)62-23-18-34(61-9)27(3)44(63-31(7)53)29(5)40(55)28(4)39(25)54/h13-15,18,23-25,27-29,32,34,39-40,44,54-58H,10-12,16-17,19-22H2,1-9H3,(H,50,60)/b14-13-,23-18-,26-15-,49-24-. The molecule has 2 aromatic rings. The van der Waals surface area contributed by atoms with Crippen LogP contribution in [0, 0.1) is 30.6 Å². The largest absolute Gasteiger partial charge is 0.507 e. The van der Waals surface area contributed by atoms with E-state index in [0.717, 1.165) is 25.9 Å². The van der Waals surface area contributed by atoms with Crippen LogP contribution in [-0.4, -0.2) is 129 Å². The third kappa shape index (κ3) is 9.60. The fourth-order valence-electron chi connectivity index (χ4n) is 9.63. The second-order valence-electron chi connectivity index (χ2n) is 18.1. The number of carbonyl (C=O) groups excluding carboxylic acids is 3. The molecule has 5 aliphatic heterocycles. The summed E-state index contributed by atoms with van der Waals surface area (Å²) in [5.74, 6) is -8.27. The summed E-state index contributed by atoms with van der Waals surface area (Å²) in [7, 11) is 1.44. The quantitative estimate of drug-likeness (QED) is 0.0873. The number of phenolic OH excluding ortho intramolecular Hbond substituents is 3. The number of rotatable bonds is 5. The number of aromatic hydroxyl groups is 3. The third-order valence-corrected chi connectivity index (χ3v) is 13.7. The van der Waals surface area contributed by atoms with Crippen LogP contribution in [0.25, 0.3) is 10.8 Å². The molecule has 5 aliphatic rings. The molecule has 9 unspecified atom stereocenters. The van der Waals surface area contributed by atoms with Crippen LogP contribution in [-0.2, 0) is 23.8 Å². The average Bonchev–Trinajstić information content (AvgIpc) is 3.54. The number of benzene rings is 2. The number of fused-ring (bicyclic) bond motifs is 14. The van der Waals surface area contributed by atoms with E-state index in [0.29, 0.717) is 19.1 Å². The van der Waals surface area contributed by atoms with Crippen molar-refractivity contribution in [1.82, 2.24) is 9.91 Å². The molecule has 0 saturated carbocycles. The van der Waals surface area contributed by atoms with E-state index in [1.54, 1.807) is 46.8 Å². The molecular weight excluding hydrogens is 825 g/mol. The molecule has 0 aliphatic carbocycles. The van der Waals surface area contributed by atoms with Gasteiger partial charge in [0.15, 0.2) is 5.75 Å². The van der Waals surface area contributed by atoms with Crippen molar-refractivity contribution in [3.8, 4) is 23.0 Å². The first-order valence-electron chi connectivity index (χ1n) is 22.4. The fraction of sp³-hybridized carbons (Fsp3) is 0.583. The number of allylic oxidation sites excluding steroid dienone is 2. The normalized spacial score (nSPS) is 32.2. The third-order valence-electron chi connectivity index (χ3n) is 13.7. The van der Waals surface area contributed by atoms with Gasteiger partial charge < -0.3 is 54.7 Å². The Kier molecular flexibility index (Phi) is 15.0. The van der Waals surface area contributed by atoms with Crippen molar-refractivity contribution in [2.75, 3.05) is 38.6 Å². The number of methoxy groups -OCH3 is 1. The molecule has 350 valence electrons. The molecule has 1 amide bonds. The molecule has 2 saturated heterocycles. The molecule has 64 heavy (non-hydrogen) atoms. The summed E-state index contributed by atoms with van der Waals surface area (Å²) in [5.41, 5.74) is -0.280. The van der Waals surface area contributed by atoms with Crippen molar-refractivity contribution in [3.05, 3.63) is 52.8 Å². The molecule has 5 bridgehead atoms. The number of likely N-dealkylation sites (tertiary alicyclic amines) is 1. The molecule has 7 rings (SSSR count). The molecule has 0 spiro atoms. The van der Waals surface area contributed by atoms with E-state index in [9.17, 15) is 39.9 Å². The van der Waals surface area contributed by atoms with Gasteiger partial charge in [-0.3, -0.25) is 19.4 Å². The van der Waals surface area contributed by atoms with Crippen LogP contribution in [0.1, 0.15) is 102 Å². The number of carbonyl (C=O) groups is 3. The lowest BCUT2D eigenvalue weighted by Crippen LogP contribution is -2.46. The molecule has 5 heterocycles. The minimum Gasteiger partial charge on any atom is -0.507 e. The van der Waals surface area contributed by atoms with Crippen LogP contribution in [0.4, 0.5) is 5.69 Å². The number of aliphatic hydroxyl groups excluding tert-OH is 2. The summed E-state index contributed by atoms with van der Waals surface area (Å²) in [6, 6.07) is 0.442. The van der Waals surface area contributed by atoms with Crippen molar-refractivity contribution in [3.63, 3.8) is 0 Å². The number of amides is 1. The van der Waals surface area contributed by atoms with E-state index in [4.69, 9.17) is 24.0 Å². The number of Topliss-reactive ketones (excluding diaryl/α,β-unsaturated/α-hetero) is 1. The minimum atomic E-state index is -2.04. The first-order valence-corrected chi connectivity index (χ1v) is 22.4. The van der Waals surface area contributed by atoms with Gasteiger partial charge in [0.05, 0.1) is 53.0 Å². The number of esters is 1. The minimum absolute atomic E-state index is 0.0644. The maximum absolute atomic E-state index is 14.6. The Morgan fingerprint density at radius 1 is 0.906 bits per heavy atom. The number of piperidine rings is 2. The first kappa shape index (κ1) is 48.3. The number of ketones is 1. The van der Waals surface area contributed by atoms with Crippen molar-refractivity contribution < 1.29 is 58.9 Å². The topological polar surface area (TPSA) is 220 Å². The molecule has 0 aromatic heterocycles. The smallest absolute Gasteiger partial charge is 0.312 e. The van der Waals surface area contributed by atoms with Crippen LogP contribution in [0.2, 0.25) is 0 Å². The Hall–Kier alpha value is -5.16. The summed E-state index contributed by atoms with van der Waals surface area (Å²) in [6.07, 6.45) is 10.4. The molecule has 2 aromatic carbocycles. The lowest BCUT2D eigenvalue weighted by atomic mass is 9.78. The zero-order valence-electron chi connectivity index (χ0n) is 38.5. The lowest BCUT2D eigenvalue weighted by molar-refractivity contribution is -0.160. The Bertz CT molecular complexity index is 2210. The first-order chi connectivity index (χ1) is 30.3. The number of hydrogen-bond donors (Lipinski definition) is 6. The van der Waals surface area contributed by atoms with Gasteiger partial charge in [-0.05, 0) is 58.7 Å². The second-order valence-corrected chi connectivity index (χ2v) is 18.1. The number of phenols is 3. The van der Waals surface area contributed by atoms with Gasteiger partial charge in [-0.15, -0.1) is 0 Å². The average molecular weight is 891 g/mol. The van der Waals surface area contributed by atoms with Crippen LogP contribution >= 0.6 is 0 Å². The fourth-order valence-corrected chi connectivity index (χ4v) is 9.63. The van der Waals surface area contributed by atoms with Gasteiger partial charge >= 0.3 is 11.8 Å². The van der Waals surface area contributed by atoms with Crippen LogP contribution in [0.15, 0.2) is 41.2 Å². The molecule has 2 fully saturated rings. The number of aliphatic hydroxyl groups is 2. The van der Waals surface area contributed by atoms with Gasteiger partial charge in [0, 0.05) is 80.3 Å². The number of anilines is 1. The highest BCUT2D eigenvalue weighted by atomic mass is 16.7. The Labute approximate surface area is 375 Å². The predicted molar refractivity (Wildman–Crippen MR) is 241 cm³/mol. The zero-order valence-corrected chi connectivity index (χ0v) is 38.5. The molecule has 16 nitrogen and oxygen atoms in total. The van der Waals surface area contributed by atoms with Gasteiger partial charge in [-0.25, -0.2) is 0 Å². The SMILES string of the molecule is COC1/C=C\OC2(C)Oc3c(C)c(O)c4c(O)c(c(/C=N\N5CCC(N6CCCCC6)CC5)c(O)c4c3C2=O)NC(=O)/C(C)=C\C=C/C(C)C(O)C(C)C(O)C(C)C(OC(C)=O)C1C. The Balaban J connectivity index is 1.46. The van der Waals surface area contributed by atoms with Crippen molar-refractivity contribution in [1.29, 1.82) is 0 Å².